The van der Waals surface area contributed by atoms with Crippen LogP contribution in [0.5, 0.6) is 0 Å². The molecule has 0 spiro atoms. The molecule has 0 aliphatic carbocycles. The second kappa shape index (κ2) is 10.8. The van der Waals surface area contributed by atoms with Gasteiger partial charge in [-0.05, 0) is 37.2 Å². The lowest BCUT2D eigenvalue weighted by Gasteiger charge is -2.30. The van der Waals surface area contributed by atoms with Gasteiger partial charge in [0.15, 0.2) is 0 Å². The third-order valence-corrected chi connectivity index (χ3v) is 6.17. The third kappa shape index (κ3) is 5.48. The summed E-state index contributed by atoms with van der Waals surface area (Å²) in [7, 11) is 0. The van der Waals surface area contributed by atoms with E-state index in [0.29, 0.717) is 34.5 Å². The maximum absolute atomic E-state index is 13.1. The monoisotopic (exact) mass is 458 g/mol. The van der Waals surface area contributed by atoms with Crippen molar-refractivity contribution in [2.75, 3.05) is 19.6 Å². The first-order valence-electron chi connectivity index (χ1n) is 10.5. The maximum atomic E-state index is 13.1. The van der Waals surface area contributed by atoms with E-state index in [2.05, 4.69) is 29.2 Å². The van der Waals surface area contributed by atoms with Gasteiger partial charge in [0, 0.05) is 11.6 Å². The minimum absolute atomic E-state index is 0.0360. The molecule has 0 aliphatic heterocycles. The average Bonchev–Trinajstić information content (AvgIpc) is 3.05. The number of hydrogen-bond donors (Lipinski definition) is 1. The highest BCUT2D eigenvalue weighted by molar-refractivity contribution is 6.33. The van der Waals surface area contributed by atoms with Crippen molar-refractivity contribution < 1.29 is 4.79 Å². The Bertz CT molecular complexity index is 1020. The molecule has 3 aromatic rings. The molecular formula is C24H28Cl2N4O. The number of nitrogens with zero attached hydrogens (tertiary/aromatic N) is 3. The normalized spacial score (nSPS) is 12.2. The molecule has 1 amide bonds. The standard InChI is InChI=1S/C24H28Cl2N4O/c1-4-29(5-2)21(19-13-9-10-14-20(19)25)15-27-24(31)22-17(3)28-30(23(22)26)16-18-11-7-6-8-12-18/h6-14,21H,4-5,15-16H2,1-3H3,(H,27,31). The van der Waals surface area contributed by atoms with E-state index in [0.717, 1.165) is 24.2 Å². The summed E-state index contributed by atoms with van der Waals surface area (Å²) in [6.45, 7) is 8.62. The van der Waals surface area contributed by atoms with Gasteiger partial charge in [-0.1, -0.05) is 85.6 Å². The topological polar surface area (TPSA) is 50.2 Å². The van der Waals surface area contributed by atoms with Gasteiger partial charge < -0.3 is 5.32 Å². The smallest absolute Gasteiger partial charge is 0.256 e. The molecule has 0 bridgehead atoms. The fourth-order valence-corrected chi connectivity index (χ4v) is 4.38. The molecule has 164 valence electrons. The van der Waals surface area contributed by atoms with Gasteiger partial charge in [-0.2, -0.15) is 5.10 Å². The van der Waals surface area contributed by atoms with Crippen LogP contribution in [-0.2, 0) is 6.54 Å². The van der Waals surface area contributed by atoms with E-state index in [9.17, 15) is 4.79 Å². The number of hydrogen-bond acceptors (Lipinski definition) is 3. The molecule has 5 nitrogen and oxygen atoms in total. The molecule has 2 aromatic carbocycles. The Morgan fingerprint density at radius 2 is 1.71 bits per heavy atom. The molecule has 7 heteroatoms. The lowest BCUT2D eigenvalue weighted by molar-refractivity contribution is 0.0934. The molecule has 0 saturated carbocycles. The molecule has 3 rings (SSSR count). The summed E-state index contributed by atoms with van der Waals surface area (Å²) in [5.74, 6) is -0.231. The van der Waals surface area contributed by atoms with Gasteiger partial charge in [-0.3, -0.25) is 9.69 Å². The summed E-state index contributed by atoms with van der Waals surface area (Å²) in [4.78, 5) is 15.3. The Labute approximate surface area is 194 Å². The van der Waals surface area contributed by atoms with Crippen molar-refractivity contribution in [1.82, 2.24) is 20.0 Å². The number of likely N-dealkylation sites (N-methyl/N-ethyl adjacent to an activating group) is 1. The lowest BCUT2D eigenvalue weighted by Crippen LogP contribution is -2.38. The molecule has 0 fully saturated rings. The summed E-state index contributed by atoms with van der Waals surface area (Å²) < 4.78 is 1.66. The van der Waals surface area contributed by atoms with Gasteiger partial charge in [0.2, 0.25) is 0 Å². The highest BCUT2D eigenvalue weighted by atomic mass is 35.5. The van der Waals surface area contributed by atoms with Crippen LogP contribution < -0.4 is 5.32 Å². The molecule has 0 saturated heterocycles. The minimum Gasteiger partial charge on any atom is -0.350 e. The van der Waals surface area contributed by atoms with E-state index in [4.69, 9.17) is 23.2 Å². The SMILES string of the molecule is CCN(CC)C(CNC(=O)c1c(C)nn(Cc2ccccc2)c1Cl)c1ccccc1Cl. The van der Waals surface area contributed by atoms with Crippen LogP contribution >= 0.6 is 23.2 Å². The van der Waals surface area contributed by atoms with E-state index < -0.39 is 0 Å². The van der Waals surface area contributed by atoms with Crippen molar-refractivity contribution in [1.29, 1.82) is 0 Å². The van der Waals surface area contributed by atoms with Gasteiger partial charge in [-0.25, -0.2) is 4.68 Å². The summed E-state index contributed by atoms with van der Waals surface area (Å²) in [6, 6.07) is 17.6. The number of carbonyl (C=O) groups excluding carboxylic acids is 1. The summed E-state index contributed by atoms with van der Waals surface area (Å²) in [5.41, 5.74) is 3.08. The highest BCUT2D eigenvalue weighted by Gasteiger charge is 2.24. The number of rotatable bonds is 9. The van der Waals surface area contributed by atoms with Crippen LogP contribution in [-0.4, -0.2) is 40.2 Å². The van der Waals surface area contributed by atoms with Crippen LogP contribution in [0, 0.1) is 6.92 Å². The molecule has 1 N–H and O–H groups in total. The summed E-state index contributed by atoms with van der Waals surface area (Å²) >= 11 is 13.0. The number of aryl methyl sites for hydroxylation is 1. The first kappa shape index (κ1) is 23.3. The largest absolute Gasteiger partial charge is 0.350 e. The van der Waals surface area contributed by atoms with Crippen molar-refractivity contribution in [3.8, 4) is 0 Å². The molecule has 0 radical (unpaired) electrons. The predicted octanol–water partition coefficient (Wildman–Crippen LogP) is 5.36. The summed E-state index contributed by atoms with van der Waals surface area (Å²) in [6.07, 6.45) is 0. The van der Waals surface area contributed by atoms with E-state index in [1.54, 1.807) is 11.6 Å². The van der Waals surface area contributed by atoms with Gasteiger partial charge >= 0.3 is 0 Å². The Morgan fingerprint density at radius 3 is 2.35 bits per heavy atom. The second-order valence-corrected chi connectivity index (χ2v) is 8.13. The van der Waals surface area contributed by atoms with Crippen LogP contribution in [0.4, 0.5) is 0 Å². The quantitative estimate of drug-likeness (QED) is 0.469. The summed E-state index contributed by atoms with van der Waals surface area (Å²) in [5, 5.41) is 8.58. The molecule has 1 atom stereocenters. The number of carbonyl (C=O) groups is 1. The van der Waals surface area contributed by atoms with Crippen LogP contribution in [0.15, 0.2) is 54.6 Å². The highest BCUT2D eigenvalue weighted by Crippen LogP contribution is 2.27. The van der Waals surface area contributed by atoms with E-state index in [1.807, 2.05) is 54.6 Å². The van der Waals surface area contributed by atoms with Gasteiger partial charge in [0.25, 0.3) is 5.91 Å². The van der Waals surface area contributed by atoms with E-state index in [-0.39, 0.29) is 11.9 Å². The van der Waals surface area contributed by atoms with Crippen molar-refractivity contribution in [3.63, 3.8) is 0 Å². The Kier molecular flexibility index (Phi) is 8.13. The fraction of sp³-hybridized carbons (Fsp3) is 0.333. The minimum atomic E-state index is -0.231. The van der Waals surface area contributed by atoms with Gasteiger partial charge in [-0.15, -0.1) is 0 Å². The first-order chi connectivity index (χ1) is 15.0. The van der Waals surface area contributed by atoms with Crippen molar-refractivity contribution in [2.45, 2.75) is 33.4 Å². The number of amides is 1. The first-order valence-corrected chi connectivity index (χ1v) is 11.2. The number of aromatic nitrogens is 2. The molecule has 0 aliphatic rings. The van der Waals surface area contributed by atoms with E-state index >= 15 is 0 Å². The fourth-order valence-electron chi connectivity index (χ4n) is 3.80. The van der Waals surface area contributed by atoms with Gasteiger partial charge in [0.1, 0.15) is 5.15 Å². The maximum Gasteiger partial charge on any atom is 0.256 e. The zero-order valence-corrected chi connectivity index (χ0v) is 19.6. The molecule has 1 unspecified atom stereocenters. The van der Waals surface area contributed by atoms with Crippen molar-refractivity contribution >= 4 is 29.1 Å². The number of benzene rings is 2. The zero-order valence-electron chi connectivity index (χ0n) is 18.1. The van der Waals surface area contributed by atoms with Crippen molar-refractivity contribution in [2.24, 2.45) is 0 Å². The lowest BCUT2D eigenvalue weighted by atomic mass is 10.0. The van der Waals surface area contributed by atoms with Crippen LogP contribution in [0.25, 0.3) is 0 Å². The Balaban J connectivity index is 1.79. The molecule has 1 aromatic heterocycles. The molecule has 1 heterocycles. The number of halogens is 2. The number of nitrogens with one attached hydrogen (secondary N) is 1. The van der Waals surface area contributed by atoms with Crippen LogP contribution in [0.2, 0.25) is 10.2 Å². The Morgan fingerprint density at radius 1 is 1.06 bits per heavy atom. The average molecular weight is 459 g/mol. The molecule has 31 heavy (non-hydrogen) atoms. The van der Waals surface area contributed by atoms with Crippen LogP contribution in [0.3, 0.4) is 0 Å². The van der Waals surface area contributed by atoms with Crippen LogP contribution in [0.1, 0.15) is 47.1 Å². The van der Waals surface area contributed by atoms with Gasteiger partial charge in [0.05, 0.1) is 23.8 Å². The Hall–Kier alpha value is -2.34. The third-order valence-electron chi connectivity index (χ3n) is 5.44. The van der Waals surface area contributed by atoms with E-state index in [1.165, 1.54) is 0 Å². The second-order valence-electron chi connectivity index (χ2n) is 7.36. The van der Waals surface area contributed by atoms with Crippen molar-refractivity contribution in [3.05, 3.63) is 87.2 Å². The zero-order chi connectivity index (χ0) is 22.4. The predicted molar refractivity (Wildman–Crippen MR) is 127 cm³/mol. The molecular weight excluding hydrogens is 431 g/mol.